The van der Waals surface area contributed by atoms with E-state index in [0.29, 0.717) is 19.6 Å². The fraction of sp³-hybridized carbons (Fsp3) is 0.500. The maximum Gasteiger partial charge on any atom is 0.258 e. The summed E-state index contributed by atoms with van der Waals surface area (Å²) < 4.78 is 30.3. The minimum atomic E-state index is -3.50. The second-order valence-corrected chi connectivity index (χ2v) is 4.51. The lowest BCUT2D eigenvalue weighted by atomic mass is 10.5. The number of nitrogens with zero attached hydrogens (tertiary/aromatic N) is 2. The Labute approximate surface area is 88.8 Å². The van der Waals surface area contributed by atoms with Crippen LogP contribution in [0.1, 0.15) is 6.42 Å². The van der Waals surface area contributed by atoms with Crippen LogP contribution in [0.3, 0.4) is 0 Å². The Hall–Kier alpha value is -1.05. The lowest BCUT2D eigenvalue weighted by Gasteiger charge is -2.04. The number of rotatable bonds is 6. The van der Waals surface area contributed by atoms with Crippen molar-refractivity contribution in [2.45, 2.75) is 11.4 Å². The summed E-state index contributed by atoms with van der Waals surface area (Å²) in [4.78, 5) is 7.30. The van der Waals surface area contributed by atoms with Crippen LogP contribution in [0.25, 0.3) is 0 Å². The van der Waals surface area contributed by atoms with Crippen molar-refractivity contribution in [2.75, 3.05) is 20.3 Å². The molecule has 1 heterocycles. The molecule has 1 rings (SSSR count). The Balaban J connectivity index is 2.53. The van der Waals surface area contributed by atoms with Crippen molar-refractivity contribution in [1.82, 2.24) is 14.7 Å². The van der Waals surface area contributed by atoms with E-state index in [0.717, 1.165) is 0 Å². The average molecular weight is 231 g/mol. The standard InChI is InChI=1S/C8H13N3O3S/c1-14-6-2-4-11-15(12,13)8-3-5-9-7-10-8/h3,5,7,11H,2,4,6H2,1H3. The van der Waals surface area contributed by atoms with E-state index in [4.69, 9.17) is 4.74 Å². The van der Waals surface area contributed by atoms with Gasteiger partial charge in [0.1, 0.15) is 6.33 Å². The Kier molecular flexibility index (Phi) is 4.60. The van der Waals surface area contributed by atoms with E-state index >= 15 is 0 Å². The summed E-state index contributed by atoms with van der Waals surface area (Å²) in [5, 5.41) is -0.0186. The van der Waals surface area contributed by atoms with E-state index < -0.39 is 10.0 Å². The zero-order valence-corrected chi connectivity index (χ0v) is 9.20. The van der Waals surface area contributed by atoms with Crippen LogP contribution in [-0.4, -0.2) is 38.6 Å². The molecule has 15 heavy (non-hydrogen) atoms. The third-order valence-electron chi connectivity index (χ3n) is 1.65. The van der Waals surface area contributed by atoms with Gasteiger partial charge in [0.05, 0.1) is 0 Å². The molecule has 0 atom stereocenters. The molecule has 6 nitrogen and oxygen atoms in total. The molecule has 1 N–H and O–H groups in total. The van der Waals surface area contributed by atoms with Gasteiger partial charge in [-0.15, -0.1) is 0 Å². The van der Waals surface area contributed by atoms with Gasteiger partial charge >= 0.3 is 0 Å². The van der Waals surface area contributed by atoms with Gasteiger partial charge in [-0.1, -0.05) is 0 Å². The molecule has 1 aromatic rings. The van der Waals surface area contributed by atoms with E-state index in [9.17, 15) is 8.42 Å². The molecule has 84 valence electrons. The van der Waals surface area contributed by atoms with Gasteiger partial charge < -0.3 is 4.74 Å². The summed E-state index contributed by atoms with van der Waals surface area (Å²) >= 11 is 0. The molecule has 0 amide bonds. The molecular weight excluding hydrogens is 218 g/mol. The summed E-state index contributed by atoms with van der Waals surface area (Å²) in [6, 6.07) is 1.35. The molecular formula is C8H13N3O3S. The lowest BCUT2D eigenvalue weighted by molar-refractivity contribution is 0.196. The Morgan fingerprint density at radius 3 is 2.93 bits per heavy atom. The minimum Gasteiger partial charge on any atom is -0.385 e. The molecule has 7 heteroatoms. The highest BCUT2D eigenvalue weighted by atomic mass is 32.2. The van der Waals surface area contributed by atoms with Crippen LogP contribution in [0, 0.1) is 0 Å². The van der Waals surface area contributed by atoms with Crippen molar-refractivity contribution < 1.29 is 13.2 Å². The van der Waals surface area contributed by atoms with Crippen molar-refractivity contribution in [1.29, 1.82) is 0 Å². The van der Waals surface area contributed by atoms with Crippen LogP contribution in [-0.2, 0) is 14.8 Å². The summed E-state index contributed by atoms with van der Waals surface area (Å²) in [7, 11) is -1.93. The number of nitrogens with one attached hydrogen (secondary N) is 1. The molecule has 0 fully saturated rings. The molecule has 0 spiro atoms. The van der Waals surface area contributed by atoms with Crippen molar-refractivity contribution in [2.24, 2.45) is 0 Å². The van der Waals surface area contributed by atoms with Gasteiger partial charge in [0, 0.05) is 26.5 Å². The van der Waals surface area contributed by atoms with Crippen LogP contribution < -0.4 is 4.72 Å². The van der Waals surface area contributed by atoms with Crippen LogP contribution in [0.5, 0.6) is 0 Å². The zero-order valence-electron chi connectivity index (χ0n) is 8.38. The first-order valence-electron chi connectivity index (χ1n) is 4.41. The van der Waals surface area contributed by atoms with Crippen LogP contribution in [0.2, 0.25) is 0 Å². The van der Waals surface area contributed by atoms with Crippen molar-refractivity contribution in [3.63, 3.8) is 0 Å². The van der Waals surface area contributed by atoms with Crippen LogP contribution in [0.4, 0.5) is 0 Å². The van der Waals surface area contributed by atoms with Crippen molar-refractivity contribution >= 4 is 10.0 Å². The quantitative estimate of drug-likeness (QED) is 0.541. The molecule has 0 aliphatic heterocycles. The monoisotopic (exact) mass is 231 g/mol. The predicted octanol–water partition coefficient (Wildman–Crippen LogP) is -0.209. The topological polar surface area (TPSA) is 81.2 Å². The van der Waals surface area contributed by atoms with Gasteiger partial charge in [-0.25, -0.2) is 23.1 Å². The molecule has 0 saturated heterocycles. The van der Waals surface area contributed by atoms with Gasteiger partial charge in [-0.05, 0) is 12.5 Å². The van der Waals surface area contributed by atoms with Gasteiger partial charge in [0.25, 0.3) is 10.0 Å². The largest absolute Gasteiger partial charge is 0.385 e. The Bertz CT molecular complexity index is 379. The molecule has 1 aromatic heterocycles. The van der Waals surface area contributed by atoms with Gasteiger partial charge in [-0.3, -0.25) is 0 Å². The predicted molar refractivity (Wildman–Crippen MR) is 53.7 cm³/mol. The second-order valence-electron chi connectivity index (χ2n) is 2.79. The highest BCUT2D eigenvalue weighted by molar-refractivity contribution is 7.89. The first-order valence-corrected chi connectivity index (χ1v) is 5.90. The average Bonchev–Trinajstić information content (AvgIpc) is 2.26. The van der Waals surface area contributed by atoms with E-state index in [-0.39, 0.29) is 5.03 Å². The summed E-state index contributed by atoms with van der Waals surface area (Å²) in [6.45, 7) is 0.854. The van der Waals surface area contributed by atoms with Crippen LogP contribution >= 0.6 is 0 Å². The maximum atomic E-state index is 11.6. The third kappa shape index (κ3) is 3.90. The maximum absolute atomic E-state index is 11.6. The molecule has 0 unspecified atom stereocenters. The van der Waals surface area contributed by atoms with Gasteiger partial charge in [0.15, 0.2) is 5.03 Å². The van der Waals surface area contributed by atoms with E-state index in [1.807, 2.05) is 0 Å². The fourth-order valence-corrected chi connectivity index (χ4v) is 1.92. The number of hydrogen-bond donors (Lipinski definition) is 1. The van der Waals surface area contributed by atoms with E-state index in [1.165, 1.54) is 18.6 Å². The summed E-state index contributed by atoms with van der Waals surface area (Å²) in [5.74, 6) is 0. The molecule has 0 aromatic carbocycles. The second kappa shape index (κ2) is 5.74. The number of aromatic nitrogens is 2. The normalized spacial score (nSPS) is 11.5. The zero-order chi connectivity index (χ0) is 11.1. The molecule has 0 bridgehead atoms. The molecule has 0 radical (unpaired) electrons. The Morgan fingerprint density at radius 2 is 2.33 bits per heavy atom. The first-order chi connectivity index (χ1) is 7.17. The number of methoxy groups -OCH3 is 1. The minimum absolute atomic E-state index is 0.0186. The first kappa shape index (κ1) is 12.0. The molecule has 0 saturated carbocycles. The number of ether oxygens (including phenoxy) is 1. The van der Waals surface area contributed by atoms with E-state index in [2.05, 4.69) is 14.7 Å². The van der Waals surface area contributed by atoms with Crippen LogP contribution in [0.15, 0.2) is 23.6 Å². The smallest absolute Gasteiger partial charge is 0.258 e. The van der Waals surface area contributed by atoms with Gasteiger partial charge in [0.2, 0.25) is 0 Å². The molecule has 0 aliphatic rings. The van der Waals surface area contributed by atoms with Crippen molar-refractivity contribution in [3.05, 3.63) is 18.6 Å². The highest BCUT2D eigenvalue weighted by Crippen LogP contribution is 2.01. The highest BCUT2D eigenvalue weighted by Gasteiger charge is 2.13. The van der Waals surface area contributed by atoms with Crippen molar-refractivity contribution in [3.8, 4) is 0 Å². The SMILES string of the molecule is COCCCNS(=O)(=O)c1ccncn1. The Morgan fingerprint density at radius 1 is 1.53 bits per heavy atom. The fourth-order valence-electron chi connectivity index (χ4n) is 0.934. The summed E-state index contributed by atoms with van der Waals surface area (Å²) in [5.41, 5.74) is 0. The summed E-state index contributed by atoms with van der Waals surface area (Å²) in [6.07, 6.45) is 3.21. The lowest BCUT2D eigenvalue weighted by Crippen LogP contribution is -2.26. The molecule has 0 aliphatic carbocycles. The number of hydrogen-bond acceptors (Lipinski definition) is 5. The van der Waals surface area contributed by atoms with Gasteiger partial charge in [-0.2, -0.15) is 0 Å². The third-order valence-corrected chi connectivity index (χ3v) is 3.02. The van der Waals surface area contributed by atoms with E-state index in [1.54, 1.807) is 7.11 Å². The number of sulfonamides is 1.